The lowest BCUT2D eigenvalue weighted by Gasteiger charge is -2.33. The van der Waals surface area contributed by atoms with E-state index >= 15 is 0 Å². The van der Waals surface area contributed by atoms with E-state index in [1.54, 1.807) is 17.0 Å². The number of piperazine rings is 1. The molecule has 0 aromatic heterocycles. The Morgan fingerprint density at radius 2 is 1.61 bits per heavy atom. The van der Waals surface area contributed by atoms with Crippen LogP contribution in [0.2, 0.25) is 0 Å². The first-order valence-electron chi connectivity index (χ1n) is 7.54. The lowest BCUT2D eigenvalue weighted by atomic mass is 10.1. The van der Waals surface area contributed by atoms with Crippen molar-refractivity contribution in [3.63, 3.8) is 0 Å². The zero-order valence-corrected chi connectivity index (χ0v) is 13.0. The molecule has 1 heterocycles. The van der Waals surface area contributed by atoms with Crippen LogP contribution in [0.3, 0.4) is 0 Å². The van der Waals surface area contributed by atoms with Gasteiger partial charge >= 0.3 is 11.8 Å². The molecule has 124 valence electrons. The van der Waals surface area contributed by atoms with E-state index in [4.69, 9.17) is 0 Å². The van der Waals surface area contributed by atoms with Gasteiger partial charge in [0, 0.05) is 39.6 Å². The number of carbonyl (C=O) groups is 3. The van der Waals surface area contributed by atoms with E-state index in [0.29, 0.717) is 39.1 Å². The predicted molar refractivity (Wildman–Crippen MR) is 81.9 cm³/mol. The minimum Gasteiger partial charge on any atom is -0.347 e. The minimum absolute atomic E-state index is 0.0270. The molecular weight excluding hydrogens is 301 g/mol. The normalized spacial score (nSPS) is 14.5. The molecule has 1 aromatic rings. The van der Waals surface area contributed by atoms with E-state index in [2.05, 4.69) is 5.32 Å². The van der Waals surface area contributed by atoms with Crippen molar-refractivity contribution in [1.82, 2.24) is 15.1 Å². The highest BCUT2D eigenvalue weighted by molar-refractivity contribution is 6.35. The summed E-state index contributed by atoms with van der Waals surface area (Å²) in [5.41, 5.74) is 0.884. The lowest BCUT2D eigenvalue weighted by Crippen LogP contribution is -2.53. The van der Waals surface area contributed by atoms with Gasteiger partial charge in [-0.25, -0.2) is 4.39 Å². The van der Waals surface area contributed by atoms with Crippen LogP contribution < -0.4 is 5.32 Å². The predicted octanol–water partition coefficient (Wildman–Crippen LogP) is 0.175. The fraction of sp³-hybridized carbons (Fsp3) is 0.438. The zero-order valence-electron chi connectivity index (χ0n) is 13.0. The first-order chi connectivity index (χ1) is 11.0. The zero-order chi connectivity index (χ0) is 16.8. The van der Waals surface area contributed by atoms with Gasteiger partial charge in [0.2, 0.25) is 5.91 Å². The van der Waals surface area contributed by atoms with Crippen molar-refractivity contribution in [1.29, 1.82) is 0 Å². The van der Waals surface area contributed by atoms with Gasteiger partial charge in [-0.1, -0.05) is 12.1 Å². The molecule has 1 saturated heterocycles. The summed E-state index contributed by atoms with van der Waals surface area (Å²) in [5, 5.41) is 2.57. The average Bonchev–Trinajstić information content (AvgIpc) is 2.56. The topological polar surface area (TPSA) is 69.7 Å². The van der Waals surface area contributed by atoms with Crippen LogP contribution in [0.5, 0.6) is 0 Å². The van der Waals surface area contributed by atoms with E-state index in [-0.39, 0.29) is 11.7 Å². The van der Waals surface area contributed by atoms with E-state index in [1.807, 2.05) is 0 Å². The van der Waals surface area contributed by atoms with Gasteiger partial charge < -0.3 is 15.1 Å². The molecular formula is C16H20FN3O3. The van der Waals surface area contributed by atoms with Crippen LogP contribution in [-0.2, 0) is 20.8 Å². The fourth-order valence-corrected chi connectivity index (χ4v) is 2.42. The van der Waals surface area contributed by atoms with E-state index in [0.717, 1.165) is 5.56 Å². The number of nitrogens with zero attached hydrogens (tertiary/aromatic N) is 2. The van der Waals surface area contributed by atoms with E-state index in [1.165, 1.54) is 24.0 Å². The maximum Gasteiger partial charge on any atom is 0.312 e. The summed E-state index contributed by atoms with van der Waals surface area (Å²) in [6, 6.07) is 6.00. The molecule has 1 N–H and O–H groups in total. The molecule has 1 aromatic carbocycles. The standard InChI is InChI=1S/C16H20FN3O3/c1-12(21)19-8-10-20(11-9-19)16(23)15(22)18-7-6-13-2-4-14(17)5-3-13/h2-5H,6-11H2,1H3,(H,18,22). The Hall–Kier alpha value is -2.44. The number of nitrogens with one attached hydrogen (secondary N) is 1. The van der Waals surface area contributed by atoms with Crippen molar-refractivity contribution in [3.05, 3.63) is 35.6 Å². The fourth-order valence-electron chi connectivity index (χ4n) is 2.42. The highest BCUT2D eigenvalue weighted by atomic mass is 19.1. The third-order valence-electron chi connectivity index (χ3n) is 3.82. The largest absolute Gasteiger partial charge is 0.347 e. The number of hydrogen-bond donors (Lipinski definition) is 1. The van der Waals surface area contributed by atoms with Gasteiger partial charge in [0.25, 0.3) is 0 Å². The third kappa shape index (κ3) is 4.77. The molecule has 3 amide bonds. The van der Waals surface area contributed by atoms with Gasteiger partial charge in [-0.2, -0.15) is 0 Å². The van der Waals surface area contributed by atoms with Crippen molar-refractivity contribution in [2.24, 2.45) is 0 Å². The quantitative estimate of drug-likeness (QED) is 0.807. The number of halogens is 1. The molecule has 6 nitrogen and oxygen atoms in total. The molecule has 0 unspecified atom stereocenters. The van der Waals surface area contributed by atoms with Crippen LogP contribution in [0, 0.1) is 5.82 Å². The van der Waals surface area contributed by atoms with Gasteiger partial charge in [0.15, 0.2) is 0 Å². The number of hydrogen-bond acceptors (Lipinski definition) is 3. The van der Waals surface area contributed by atoms with Gasteiger partial charge in [0.05, 0.1) is 0 Å². The first-order valence-corrected chi connectivity index (χ1v) is 7.54. The molecule has 0 bridgehead atoms. The molecule has 1 aliphatic rings. The molecule has 7 heteroatoms. The molecule has 0 saturated carbocycles. The molecule has 23 heavy (non-hydrogen) atoms. The Bertz CT molecular complexity index is 581. The maximum atomic E-state index is 12.8. The number of benzene rings is 1. The van der Waals surface area contributed by atoms with Crippen LogP contribution in [0.25, 0.3) is 0 Å². The van der Waals surface area contributed by atoms with Crippen LogP contribution in [0.4, 0.5) is 4.39 Å². The van der Waals surface area contributed by atoms with Gasteiger partial charge in [-0.3, -0.25) is 14.4 Å². The Kier molecular flexibility index (Phi) is 5.67. The summed E-state index contributed by atoms with van der Waals surface area (Å²) >= 11 is 0. The molecule has 0 atom stereocenters. The number of rotatable bonds is 3. The smallest absolute Gasteiger partial charge is 0.312 e. The summed E-state index contributed by atoms with van der Waals surface area (Å²) in [4.78, 5) is 38.2. The second kappa shape index (κ2) is 7.71. The maximum absolute atomic E-state index is 12.8. The van der Waals surface area contributed by atoms with Gasteiger partial charge in [-0.15, -0.1) is 0 Å². The van der Waals surface area contributed by atoms with E-state index in [9.17, 15) is 18.8 Å². The molecule has 1 fully saturated rings. The molecule has 1 aliphatic heterocycles. The molecule has 2 rings (SSSR count). The highest BCUT2D eigenvalue weighted by Gasteiger charge is 2.26. The van der Waals surface area contributed by atoms with Gasteiger partial charge in [-0.05, 0) is 24.1 Å². The second-order valence-electron chi connectivity index (χ2n) is 5.43. The molecule has 0 radical (unpaired) electrons. The van der Waals surface area contributed by atoms with Crippen molar-refractivity contribution >= 4 is 17.7 Å². The highest BCUT2D eigenvalue weighted by Crippen LogP contribution is 2.04. The van der Waals surface area contributed by atoms with Gasteiger partial charge in [0.1, 0.15) is 5.82 Å². The Balaban J connectivity index is 1.74. The summed E-state index contributed by atoms with van der Waals surface area (Å²) in [5.74, 6) is -1.56. The van der Waals surface area contributed by atoms with Crippen molar-refractivity contribution in [2.75, 3.05) is 32.7 Å². The summed E-state index contributed by atoms with van der Waals surface area (Å²) in [6.45, 7) is 3.42. The monoisotopic (exact) mass is 321 g/mol. The van der Waals surface area contributed by atoms with Crippen LogP contribution in [0.1, 0.15) is 12.5 Å². The Morgan fingerprint density at radius 3 is 2.17 bits per heavy atom. The summed E-state index contributed by atoms with van der Waals surface area (Å²) < 4.78 is 12.8. The Labute approximate surface area is 134 Å². The van der Waals surface area contributed by atoms with Crippen molar-refractivity contribution < 1.29 is 18.8 Å². The summed E-state index contributed by atoms with van der Waals surface area (Å²) in [6.07, 6.45) is 0.525. The number of carbonyl (C=O) groups excluding carboxylic acids is 3. The second-order valence-corrected chi connectivity index (χ2v) is 5.43. The first kappa shape index (κ1) is 16.9. The Morgan fingerprint density at radius 1 is 1.04 bits per heavy atom. The van der Waals surface area contributed by atoms with Crippen LogP contribution in [0.15, 0.2) is 24.3 Å². The van der Waals surface area contributed by atoms with Crippen molar-refractivity contribution in [2.45, 2.75) is 13.3 Å². The van der Waals surface area contributed by atoms with Crippen LogP contribution >= 0.6 is 0 Å². The molecule has 0 aliphatic carbocycles. The minimum atomic E-state index is -0.650. The molecule has 0 spiro atoms. The average molecular weight is 321 g/mol. The van der Waals surface area contributed by atoms with Crippen molar-refractivity contribution in [3.8, 4) is 0 Å². The van der Waals surface area contributed by atoms with Crippen LogP contribution in [-0.4, -0.2) is 60.2 Å². The summed E-state index contributed by atoms with van der Waals surface area (Å²) in [7, 11) is 0. The number of amides is 3. The van der Waals surface area contributed by atoms with E-state index < -0.39 is 11.8 Å². The SMILES string of the molecule is CC(=O)N1CCN(C(=O)C(=O)NCCc2ccc(F)cc2)CC1. The lowest BCUT2D eigenvalue weighted by molar-refractivity contribution is -0.148. The third-order valence-corrected chi connectivity index (χ3v) is 3.82.